The molecule has 8 amide bonds. The number of hydrogen-bond donors (Lipinski definition) is 0. The summed E-state index contributed by atoms with van der Waals surface area (Å²) in [6, 6.07) is 29.5. The van der Waals surface area contributed by atoms with Crippen molar-refractivity contribution in [2.75, 3.05) is 23.4 Å². The highest BCUT2D eigenvalue weighted by Gasteiger charge is 2.71. The molecular weight excluding hydrogens is 937 g/mol. The smallest absolute Gasteiger partial charge is 0.237 e. The van der Waals surface area contributed by atoms with Crippen LogP contribution >= 0.6 is 0 Å². The normalized spacial score (nSPS) is 35.4. The summed E-state index contributed by atoms with van der Waals surface area (Å²) in [5.74, 6) is -3.47. The Labute approximate surface area is 428 Å². The predicted octanol–water partition coefficient (Wildman–Crippen LogP) is 8.16. The summed E-state index contributed by atoms with van der Waals surface area (Å²) in [4.78, 5) is 116. The van der Waals surface area contributed by atoms with Crippen LogP contribution in [0.1, 0.15) is 76.3 Å². The first kappa shape index (κ1) is 45.6. The van der Waals surface area contributed by atoms with Gasteiger partial charge in [-0.15, -0.1) is 0 Å². The number of nitrogens with zero attached hydrogens (tertiary/aromatic N) is 4. The van der Waals surface area contributed by atoms with E-state index in [2.05, 4.69) is 13.8 Å². The van der Waals surface area contributed by atoms with Crippen LogP contribution in [-0.4, -0.2) is 70.6 Å². The average molecular weight is 995 g/mol. The van der Waals surface area contributed by atoms with E-state index in [1.165, 1.54) is 45.9 Å². The van der Waals surface area contributed by atoms with Crippen LogP contribution in [-0.2, 0) is 43.8 Å². The molecule has 8 saturated carbocycles. The second-order valence-corrected chi connectivity index (χ2v) is 23.9. The minimum Gasteiger partial charge on any atom is -0.457 e. The lowest BCUT2D eigenvalue weighted by Gasteiger charge is -2.48. The summed E-state index contributed by atoms with van der Waals surface area (Å²) in [6.45, 7) is 4.77. The molecule has 12 aliphatic rings. The third-order valence-electron chi connectivity index (χ3n) is 20.4. The first-order valence-corrected chi connectivity index (χ1v) is 26.9. The second-order valence-electron chi connectivity index (χ2n) is 23.9. The Bertz CT molecular complexity index is 3020. The summed E-state index contributed by atoms with van der Waals surface area (Å²) in [7, 11) is 1.50. The number of ether oxygens (including phenoxy) is 2. The van der Waals surface area contributed by atoms with Crippen molar-refractivity contribution >= 4 is 58.6 Å². The standard InChI is InChI=1S/C60H58N4O10/c1-60(2,32-6-14-36(15-7-32)73-38-18-10-34(11-19-38)63-56(69)48-40-22-23-41(49(48)57(63)70)45-44(40)52(65)61(3)53(45)66)33-8-16-37(17-9-33)74-39-20-12-35(13-21-39)64-58(71)50-42-24-25-43(51(50)59(64)72)47-46(42)54(67)62(55(47)68)28-31-27-29-4-5-30(31)26-29/h6-21,29-31,40-51H,4-5,22-28H2,1-3H3. The van der Waals surface area contributed by atoms with Crippen LogP contribution < -0.4 is 19.3 Å². The molecule has 15 unspecified atom stereocenters. The van der Waals surface area contributed by atoms with Crippen LogP contribution in [0.5, 0.6) is 23.0 Å². The summed E-state index contributed by atoms with van der Waals surface area (Å²) < 4.78 is 12.4. The average Bonchev–Trinajstić information content (AvgIpc) is 4.26. The van der Waals surface area contributed by atoms with E-state index in [1.807, 2.05) is 48.5 Å². The number of benzene rings is 4. The van der Waals surface area contributed by atoms with Gasteiger partial charge in [0.25, 0.3) is 0 Å². The van der Waals surface area contributed by atoms with Gasteiger partial charge in [0.05, 0.1) is 58.7 Å². The molecule has 378 valence electrons. The molecule has 4 saturated heterocycles. The zero-order valence-corrected chi connectivity index (χ0v) is 41.6. The number of carbonyl (C=O) groups excluding carboxylic acids is 8. The SMILES string of the molecule is CN1C(=O)C2C3CCC(C2C1=O)C1C(=O)N(c2ccc(Oc4ccc(C(C)(C)c5ccc(Oc6ccc(N7C(=O)C8C9CCC(C%10C(=O)N(CC%11CC%12CCC%11C%12)C(=O)C9%10)C8C7=O)cc6)cc5)cc4)cc2)C(=O)C31. The molecular formula is C60H58N4O10. The Kier molecular flexibility index (Phi) is 10.0. The van der Waals surface area contributed by atoms with Crippen LogP contribution in [0.25, 0.3) is 0 Å². The van der Waals surface area contributed by atoms with E-state index in [0.717, 1.165) is 23.5 Å². The van der Waals surface area contributed by atoms with Gasteiger partial charge in [0.15, 0.2) is 0 Å². The molecule has 8 aliphatic carbocycles. The van der Waals surface area contributed by atoms with E-state index in [-0.39, 0.29) is 76.3 Å². The van der Waals surface area contributed by atoms with Gasteiger partial charge in [0.1, 0.15) is 23.0 Å². The van der Waals surface area contributed by atoms with Crippen molar-refractivity contribution in [3.63, 3.8) is 0 Å². The first-order chi connectivity index (χ1) is 35.7. The van der Waals surface area contributed by atoms with Crippen LogP contribution in [0.3, 0.4) is 0 Å². The fourth-order valence-corrected chi connectivity index (χ4v) is 16.9. The summed E-state index contributed by atoms with van der Waals surface area (Å²) in [6.07, 6.45) is 7.42. The van der Waals surface area contributed by atoms with E-state index in [4.69, 9.17) is 9.47 Å². The van der Waals surface area contributed by atoms with Crippen molar-refractivity contribution in [1.82, 2.24) is 9.80 Å². The minimum atomic E-state index is -0.592. The quantitative estimate of drug-likeness (QED) is 0.142. The zero-order valence-electron chi connectivity index (χ0n) is 41.6. The zero-order chi connectivity index (χ0) is 50.8. The van der Waals surface area contributed by atoms with E-state index < -0.39 is 47.3 Å². The molecule has 15 atom stereocenters. The van der Waals surface area contributed by atoms with E-state index in [9.17, 15) is 38.4 Å². The van der Waals surface area contributed by atoms with Gasteiger partial charge in [0, 0.05) is 19.0 Å². The maximum atomic E-state index is 14.2. The van der Waals surface area contributed by atoms with Crippen LogP contribution in [0.15, 0.2) is 97.1 Å². The van der Waals surface area contributed by atoms with E-state index in [0.29, 0.717) is 78.4 Å². The van der Waals surface area contributed by atoms with Gasteiger partial charge in [-0.3, -0.25) is 58.0 Å². The summed E-state index contributed by atoms with van der Waals surface area (Å²) in [5.41, 5.74) is 2.62. The van der Waals surface area contributed by atoms with Gasteiger partial charge < -0.3 is 9.47 Å². The van der Waals surface area contributed by atoms with Gasteiger partial charge in [0.2, 0.25) is 47.3 Å². The van der Waals surface area contributed by atoms with E-state index >= 15 is 0 Å². The number of imide groups is 4. The maximum Gasteiger partial charge on any atom is 0.237 e. The van der Waals surface area contributed by atoms with Crippen molar-refractivity contribution in [1.29, 1.82) is 0 Å². The van der Waals surface area contributed by atoms with Gasteiger partial charge in [-0.05, 0) is 170 Å². The number of likely N-dealkylation sites (tertiary alicyclic amines) is 2. The Balaban J connectivity index is 0.600. The molecule has 12 fully saturated rings. The van der Waals surface area contributed by atoms with Crippen molar-refractivity contribution in [2.24, 2.45) is 88.8 Å². The number of anilines is 2. The third kappa shape index (κ3) is 6.41. The molecule has 14 heteroatoms. The molecule has 0 aromatic heterocycles. The molecule has 4 heterocycles. The first-order valence-electron chi connectivity index (χ1n) is 26.9. The molecule has 6 bridgehead atoms. The molecule has 74 heavy (non-hydrogen) atoms. The van der Waals surface area contributed by atoms with Gasteiger partial charge in [-0.2, -0.15) is 0 Å². The molecule has 4 aliphatic heterocycles. The fourth-order valence-electron chi connectivity index (χ4n) is 16.9. The second kappa shape index (κ2) is 16.3. The topological polar surface area (TPSA) is 168 Å². The van der Waals surface area contributed by atoms with Gasteiger partial charge in [-0.1, -0.05) is 44.5 Å². The fraction of sp³-hybridized carbons (Fsp3) is 0.467. The summed E-state index contributed by atoms with van der Waals surface area (Å²) >= 11 is 0. The van der Waals surface area contributed by atoms with Crippen molar-refractivity contribution in [3.8, 4) is 23.0 Å². The molecule has 0 N–H and O–H groups in total. The van der Waals surface area contributed by atoms with Gasteiger partial charge >= 0.3 is 0 Å². The minimum absolute atomic E-state index is 0.114. The lowest BCUT2D eigenvalue weighted by molar-refractivity contribution is -0.148. The Morgan fingerprint density at radius 3 is 1.09 bits per heavy atom. The predicted molar refractivity (Wildman–Crippen MR) is 267 cm³/mol. The largest absolute Gasteiger partial charge is 0.457 e. The van der Waals surface area contributed by atoms with Crippen molar-refractivity contribution in [2.45, 2.75) is 70.6 Å². The number of amides is 8. The summed E-state index contributed by atoms with van der Waals surface area (Å²) in [5, 5.41) is 0. The highest BCUT2D eigenvalue weighted by atomic mass is 16.5. The highest BCUT2D eigenvalue weighted by Crippen LogP contribution is 2.63. The lowest BCUT2D eigenvalue weighted by atomic mass is 9.51. The Morgan fingerprint density at radius 1 is 0.419 bits per heavy atom. The number of rotatable bonds is 10. The van der Waals surface area contributed by atoms with Crippen LogP contribution in [0, 0.1) is 88.8 Å². The molecule has 4 aromatic rings. The number of hydrogen-bond acceptors (Lipinski definition) is 10. The van der Waals surface area contributed by atoms with E-state index in [1.54, 1.807) is 48.5 Å². The molecule has 14 nitrogen and oxygen atoms in total. The monoisotopic (exact) mass is 994 g/mol. The maximum absolute atomic E-state index is 14.2. The van der Waals surface area contributed by atoms with Gasteiger partial charge in [-0.25, -0.2) is 0 Å². The number of fused-ring (bicyclic) bond motifs is 4. The third-order valence-corrected chi connectivity index (χ3v) is 20.4. The lowest BCUT2D eigenvalue weighted by Crippen LogP contribution is -2.53. The van der Waals surface area contributed by atoms with Crippen molar-refractivity contribution < 1.29 is 47.8 Å². The van der Waals surface area contributed by atoms with Crippen LogP contribution in [0.2, 0.25) is 0 Å². The Morgan fingerprint density at radius 2 is 0.757 bits per heavy atom. The molecule has 0 spiro atoms. The van der Waals surface area contributed by atoms with Crippen LogP contribution in [0.4, 0.5) is 11.4 Å². The molecule has 16 rings (SSSR count). The molecule has 4 aromatic carbocycles. The Hall–Kier alpha value is -6.96. The molecule has 0 radical (unpaired) electrons. The number of carbonyl (C=O) groups is 8. The van der Waals surface area contributed by atoms with Crippen molar-refractivity contribution in [3.05, 3.63) is 108 Å². The highest BCUT2D eigenvalue weighted by molar-refractivity contribution is 6.24.